The second kappa shape index (κ2) is 8.76. The first-order chi connectivity index (χ1) is 16.2. The number of esters is 1. The minimum atomic E-state index is -1.69. The molecule has 5 fully saturated rings. The predicted molar refractivity (Wildman–Crippen MR) is 127 cm³/mol. The molecule has 5 aliphatic rings. The number of thioether (sulfide) groups is 1. The van der Waals surface area contributed by atoms with E-state index in [2.05, 4.69) is 16.0 Å². The summed E-state index contributed by atoms with van der Waals surface area (Å²) in [5.74, 6) is -1.56. The maximum atomic E-state index is 12.6. The number of unbranched alkanes of at least 4 members (excludes halogenated alkanes) is 1. The lowest BCUT2D eigenvalue weighted by Gasteiger charge is -2.77. The molecule has 5 heterocycles. The van der Waals surface area contributed by atoms with Gasteiger partial charge in [-0.2, -0.15) is 11.8 Å². The molecule has 35 heavy (non-hydrogen) atoms. The lowest BCUT2D eigenvalue weighted by molar-refractivity contribution is -0.560. The molecule has 5 aliphatic heterocycles. The Labute approximate surface area is 209 Å². The number of fused-ring (bicyclic) bond motifs is 3. The fraction of sp³-hybridized carbons (Fsp3) is 0.870. The topological polar surface area (TPSA) is 155 Å². The minimum Gasteiger partial charge on any atom is -0.463 e. The fourth-order valence-electron chi connectivity index (χ4n) is 6.07. The summed E-state index contributed by atoms with van der Waals surface area (Å²) in [4.78, 5) is 36.2. The maximum Gasteiger partial charge on any atom is 0.315 e. The smallest absolute Gasteiger partial charge is 0.315 e. The first kappa shape index (κ1) is 26.5. The number of urea groups is 1. The molecule has 4 unspecified atom stereocenters. The SMILES string of the molecule is CC(=O)NC1(C)C2(C)OC(CO)(O[C@@]1(C)COC(=O)CCCCC1SC[C@@H]3NC(=O)N[C@H]13)[C@@]2(C)O. The molecule has 12 heteroatoms. The summed E-state index contributed by atoms with van der Waals surface area (Å²) >= 11 is 1.84. The highest BCUT2D eigenvalue weighted by Crippen LogP contribution is 2.64. The zero-order valence-electron chi connectivity index (χ0n) is 20.9. The number of aliphatic hydroxyl groups excluding tert-OH is 1. The third-order valence-corrected chi connectivity index (χ3v) is 10.2. The molecule has 8 atom stereocenters. The van der Waals surface area contributed by atoms with E-state index in [-0.39, 0.29) is 37.0 Å². The molecule has 0 saturated carbocycles. The Morgan fingerprint density at radius 3 is 2.54 bits per heavy atom. The molecular formula is C23H37N3O8S. The quantitative estimate of drug-likeness (QED) is 0.164. The number of ether oxygens (including phenoxy) is 3. The zero-order valence-corrected chi connectivity index (χ0v) is 21.8. The highest BCUT2D eigenvalue weighted by Gasteiger charge is 2.86. The van der Waals surface area contributed by atoms with Crippen molar-refractivity contribution in [3.63, 3.8) is 0 Å². The zero-order chi connectivity index (χ0) is 25.9. The van der Waals surface area contributed by atoms with E-state index >= 15 is 0 Å². The Kier molecular flexibility index (Phi) is 6.62. The Hall–Kier alpha value is -1.60. The van der Waals surface area contributed by atoms with E-state index in [0.717, 1.165) is 18.6 Å². The normalized spacial score (nSPS) is 45.7. The average molecular weight is 516 g/mol. The van der Waals surface area contributed by atoms with Crippen LogP contribution >= 0.6 is 11.8 Å². The number of hydrogen-bond donors (Lipinski definition) is 5. The van der Waals surface area contributed by atoms with Crippen LogP contribution < -0.4 is 16.0 Å². The number of carbonyl (C=O) groups excluding carboxylic acids is 3. The summed E-state index contributed by atoms with van der Waals surface area (Å²) in [7, 11) is 0. The second-order valence-electron chi connectivity index (χ2n) is 10.8. The molecule has 5 rings (SSSR count). The van der Waals surface area contributed by atoms with Gasteiger partial charge in [-0.15, -0.1) is 0 Å². The van der Waals surface area contributed by atoms with Crippen LogP contribution in [0, 0.1) is 0 Å². The van der Waals surface area contributed by atoms with E-state index < -0.39 is 40.7 Å². The summed E-state index contributed by atoms with van der Waals surface area (Å²) in [5, 5.41) is 30.2. The van der Waals surface area contributed by atoms with Crippen LogP contribution in [0.3, 0.4) is 0 Å². The average Bonchev–Trinajstić information content (AvgIpc) is 3.32. The number of rotatable bonds is 9. The van der Waals surface area contributed by atoms with Gasteiger partial charge in [-0.1, -0.05) is 6.42 Å². The van der Waals surface area contributed by atoms with Crippen LogP contribution in [0.1, 0.15) is 60.3 Å². The Morgan fingerprint density at radius 2 is 1.91 bits per heavy atom. The van der Waals surface area contributed by atoms with E-state index in [1.54, 1.807) is 20.8 Å². The molecule has 11 nitrogen and oxygen atoms in total. The van der Waals surface area contributed by atoms with Gasteiger partial charge in [0, 0.05) is 24.3 Å². The summed E-state index contributed by atoms with van der Waals surface area (Å²) < 4.78 is 17.6. The van der Waals surface area contributed by atoms with Gasteiger partial charge in [-0.25, -0.2) is 4.79 Å². The lowest BCUT2D eigenvalue weighted by atomic mass is 9.54. The van der Waals surface area contributed by atoms with Gasteiger partial charge in [0.25, 0.3) is 0 Å². The van der Waals surface area contributed by atoms with Crippen LogP contribution in [0.2, 0.25) is 0 Å². The van der Waals surface area contributed by atoms with Crippen LogP contribution in [0.25, 0.3) is 0 Å². The Bertz CT molecular complexity index is 904. The first-order valence-corrected chi connectivity index (χ1v) is 13.2. The van der Waals surface area contributed by atoms with Gasteiger partial charge in [0.1, 0.15) is 35.6 Å². The molecule has 0 aromatic carbocycles. The van der Waals surface area contributed by atoms with Crippen molar-refractivity contribution in [2.45, 2.75) is 106 Å². The van der Waals surface area contributed by atoms with Gasteiger partial charge in [-0.05, 0) is 40.5 Å². The standard InChI is InChI=1S/C23H37N3O8S/c1-13(28)26-20(3)19(2,33-23(11-27)21(4,31)22(20,5)34-23)12-32-16(29)9-7-6-8-15-17-14(10-35-15)24-18(30)25-17/h14-15,17,27,31H,6-12H2,1-5H3,(H,26,28)(H2,24,25,30)/t14-,15?,17-,19-,20?,21-,22?,23?/m0/s1. The molecule has 0 aromatic heterocycles. The van der Waals surface area contributed by atoms with Crippen LogP contribution in [-0.4, -0.2) is 92.6 Å². The van der Waals surface area contributed by atoms with Gasteiger partial charge in [0.15, 0.2) is 0 Å². The summed E-state index contributed by atoms with van der Waals surface area (Å²) in [6.45, 7) is 7.05. The first-order valence-electron chi connectivity index (χ1n) is 12.1. The van der Waals surface area contributed by atoms with Crippen molar-refractivity contribution in [1.82, 2.24) is 16.0 Å². The van der Waals surface area contributed by atoms with Crippen molar-refractivity contribution in [2.24, 2.45) is 0 Å². The van der Waals surface area contributed by atoms with Crippen molar-refractivity contribution in [2.75, 3.05) is 19.0 Å². The third-order valence-electron chi connectivity index (χ3n) is 8.64. The van der Waals surface area contributed by atoms with Gasteiger partial charge < -0.3 is 40.4 Å². The monoisotopic (exact) mass is 515 g/mol. The molecular weight excluding hydrogens is 478 g/mol. The molecule has 198 valence electrons. The summed E-state index contributed by atoms with van der Waals surface area (Å²) in [6.07, 6.45) is 2.59. The van der Waals surface area contributed by atoms with Crippen LogP contribution in [0.5, 0.6) is 0 Å². The van der Waals surface area contributed by atoms with E-state index in [0.29, 0.717) is 11.7 Å². The summed E-state index contributed by atoms with van der Waals surface area (Å²) in [5.41, 5.74) is -5.48. The molecule has 5 saturated heterocycles. The number of carbonyl (C=O) groups is 3. The van der Waals surface area contributed by atoms with E-state index in [1.165, 1.54) is 13.8 Å². The van der Waals surface area contributed by atoms with E-state index in [9.17, 15) is 24.6 Å². The lowest BCUT2D eigenvalue weighted by Crippen LogP contribution is -2.98. The molecule has 3 amide bonds. The number of aliphatic hydroxyl groups is 2. The van der Waals surface area contributed by atoms with Gasteiger partial charge in [0.2, 0.25) is 11.7 Å². The number of amides is 3. The van der Waals surface area contributed by atoms with Gasteiger partial charge in [-0.3, -0.25) is 9.59 Å². The molecule has 0 radical (unpaired) electrons. The second-order valence-corrected chi connectivity index (χ2v) is 12.1. The highest BCUT2D eigenvalue weighted by atomic mass is 32.2. The molecule has 0 aromatic rings. The number of hydrogen-bond acceptors (Lipinski definition) is 9. The Morgan fingerprint density at radius 1 is 1.20 bits per heavy atom. The van der Waals surface area contributed by atoms with E-state index in [4.69, 9.17) is 14.2 Å². The maximum absolute atomic E-state index is 12.6. The van der Waals surface area contributed by atoms with Crippen LogP contribution in [-0.2, 0) is 23.8 Å². The molecule has 0 spiro atoms. The molecule has 5 N–H and O–H groups in total. The minimum absolute atomic E-state index is 0.111. The molecule has 0 aliphatic carbocycles. The van der Waals surface area contributed by atoms with Gasteiger partial charge in [0.05, 0.1) is 12.1 Å². The van der Waals surface area contributed by atoms with Crippen molar-refractivity contribution in [3.05, 3.63) is 0 Å². The Balaban J connectivity index is 1.33. The van der Waals surface area contributed by atoms with Crippen LogP contribution in [0.15, 0.2) is 0 Å². The highest BCUT2D eigenvalue weighted by molar-refractivity contribution is 8.00. The molecule has 2 bridgehead atoms. The fourth-order valence-corrected chi connectivity index (χ4v) is 7.61. The van der Waals surface area contributed by atoms with Crippen LogP contribution in [0.4, 0.5) is 4.79 Å². The summed E-state index contributed by atoms with van der Waals surface area (Å²) in [6, 6.07) is 0.206. The van der Waals surface area contributed by atoms with Crippen molar-refractivity contribution < 1.29 is 38.8 Å². The third kappa shape index (κ3) is 3.83. The number of nitrogens with one attached hydrogen (secondary N) is 3. The van der Waals surface area contributed by atoms with Crippen molar-refractivity contribution >= 4 is 29.7 Å². The van der Waals surface area contributed by atoms with E-state index in [1.807, 2.05) is 11.8 Å². The van der Waals surface area contributed by atoms with Crippen molar-refractivity contribution in [3.8, 4) is 0 Å². The largest absolute Gasteiger partial charge is 0.463 e. The predicted octanol–water partition coefficient (Wildman–Crippen LogP) is 0.168. The van der Waals surface area contributed by atoms with Gasteiger partial charge >= 0.3 is 12.0 Å². The van der Waals surface area contributed by atoms with Crippen molar-refractivity contribution in [1.29, 1.82) is 0 Å².